The van der Waals surface area contributed by atoms with Gasteiger partial charge in [-0.25, -0.2) is 0 Å². The molecule has 16 heavy (non-hydrogen) atoms. The highest BCUT2D eigenvalue weighted by molar-refractivity contribution is 9.10. The van der Waals surface area contributed by atoms with Crippen LogP contribution in [-0.4, -0.2) is 7.11 Å². The van der Waals surface area contributed by atoms with Gasteiger partial charge >= 0.3 is 0 Å². The van der Waals surface area contributed by atoms with Crippen LogP contribution in [0.1, 0.15) is 0 Å². The van der Waals surface area contributed by atoms with Gasteiger partial charge in [0, 0.05) is 5.56 Å². The van der Waals surface area contributed by atoms with Gasteiger partial charge < -0.3 is 9.15 Å². The largest absolute Gasteiger partial charge is 0.492 e. The Morgan fingerprint density at radius 2 is 1.94 bits per heavy atom. The van der Waals surface area contributed by atoms with Crippen molar-refractivity contribution in [2.45, 2.75) is 0 Å². The number of ether oxygens (including phenoxy) is 1. The Balaban J connectivity index is 2.22. The van der Waals surface area contributed by atoms with Crippen LogP contribution in [0.4, 0.5) is 0 Å². The second kappa shape index (κ2) is 3.52. The number of hydrogen-bond acceptors (Lipinski definition) is 2. The average Bonchev–Trinajstić information content (AvgIpc) is 2.87. The molecule has 0 unspecified atom stereocenters. The van der Waals surface area contributed by atoms with Gasteiger partial charge in [0.05, 0.1) is 7.11 Å². The SMILES string of the molecule is COc1c(Br)c2oc1cc2-c1ccccc1. The van der Waals surface area contributed by atoms with Crippen LogP contribution in [0, 0.1) is 0 Å². The maximum atomic E-state index is 5.65. The molecular weight excluding hydrogens is 268 g/mol. The molecule has 2 heterocycles. The van der Waals surface area contributed by atoms with E-state index in [1.54, 1.807) is 7.11 Å². The molecule has 2 aromatic heterocycles. The Morgan fingerprint density at radius 1 is 1.19 bits per heavy atom. The molecule has 0 saturated heterocycles. The molecule has 0 amide bonds. The first-order chi connectivity index (χ1) is 7.81. The second-order valence-electron chi connectivity index (χ2n) is 3.57. The van der Waals surface area contributed by atoms with E-state index >= 15 is 0 Å². The van der Waals surface area contributed by atoms with Crippen LogP contribution in [0.5, 0.6) is 5.75 Å². The number of furan rings is 2. The Labute approximate surface area is 101 Å². The first-order valence-corrected chi connectivity index (χ1v) is 5.74. The molecule has 0 atom stereocenters. The van der Waals surface area contributed by atoms with E-state index in [4.69, 9.17) is 9.15 Å². The Kier molecular flexibility index (Phi) is 2.14. The molecule has 0 N–H and O–H groups in total. The Hall–Kier alpha value is -1.48. The molecule has 0 radical (unpaired) electrons. The maximum Gasteiger partial charge on any atom is 0.179 e. The summed E-state index contributed by atoms with van der Waals surface area (Å²) in [6, 6.07) is 12.2. The summed E-state index contributed by atoms with van der Waals surface area (Å²) in [5.74, 6) is 0.773. The lowest BCUT2D eigenvalue weighted by Crippen LogP contribution is -1.83. The molecular formula is C13H9BrO2. The van der Waals surface area contributed by atoms with Crippen LogP contribution in [0.25, 0.3) is 22.3 Å². The van der Waals surface area contributed by atoms with E-state index in [1.165, 1.54) is 0 Å². The Morgan fingerprint density at radius 3 is 2.56 bits per heavy atom. The lowest BCUT2D eigenvalue weighted by Gasteiger charge is -2.01. The van der Waals surface area contributed by atoms with E-state index in [-0.39, 0.29) is 0 Å². The summed E-state index contributed by atoms with van der Waals surface area (Å²) in [7, 11) is 1.64. The monoisotopic (exact) mass is 276 g/mol. The zero-order valence-corrected chi connectivity index (χ0v) is 10.2. The second-order valence-corrected chi connectivity index (χ2v) is 4.36. The number of rotatable bonds is 2. The molecule has 3 heteroatoms. The first-order valence-electron chi connectivity index (χ1n) is 4.95. The molecule has 3 aromatic rings. The van der Waals surface area contributed by atoms with Gasteiger partial charge in [0.25, 0.3) is 0 Å². The van der Waals surface area contributed by atoms with Crippen LogP contribution in [0.3, 0.4) is 0 Å². The molecule has 2 bridgehead atoms. The van der Waals surface area contributed by atoms with Crippen LogP contribution >= 0.6 is 15.9 Å². The van der Waals surface area contributed by atoms with E-state index in [2.05, 4.69) is 28.1 Å². The average molecular weight is 277 g/mol. The molecule has 3 rings (SSSR count). The van der Waals surface area contributed by atoms with E-state index in [9.17, 15) is 0 Å². The summed E-state index contributed by atoms with van der Waals surface area (Å²) >= 11 is 3.49. The summed E-state index contributed by atoms with van der Waals surface area (Å²) in [5, 5.41) is 0. The van der Waals surface area contributed by atoms with Gasteiger partial charge in [0.1, 0.15) is 4.47 Å². The molecule has 0 aliphatic heterocycles. The quantitative estimate of drug-likeness (QED) is 0.696. The van der Waals surface area contributed by atoms with Crippen LogP contribution < -0.4 is 4.74 Å². The van der Waals surface area contributed by atoms with Crippen molar-refractivity contribution in [3.05, 3.63) is 40.9 Å². The topological polar surface area (TPSA) is 22.4 Å². The zero-order valence-electron chi connectivity index (χ0n) is 8.66. The van der Waals surface area contributed by atoms with Crippen molar-refractivity contribution >= 4 is 27.1 Å². The molecule has 0 aliphatic rings. The van der Waals surface area contributed by atoms with Crippen molar-refractivity contribution in [3.8, 4) is 16.9 Å². The number of benzene rings is 2. The van der Waals surface area contributed by atoms with Gasteiger partial charge in [-0.3, -0.25) is 0 Å². The minimum Gasteiger partial charge on any atom is -0.492 e. The van der Waals surface area contributed by atoms with E-state index in [0.717, 1.165) is 32.5 Å². The highest BCUT2D eigenvalue weighted by Gasteiger charge is 2.20. The van der Waals surface area contributed by atoms with Crippen molar-refractivity contribution in [2.75, 3.05) is 7.11 Å². The highest BCUT2D eigenvalue weighted by Crippen LogP contribution is 2.45. The summed E-state index contributed by atoms with van der Waals surface area (Å²) in [4.78, 5) is 0. The van der Waals surface area contributed by atoms with Crippen molar-refractivity contribution < 1.29 is 9.15 Å². The summed E-state index contributed by atoms with van der Waals surface area (Å²) in [5.41, 5.74) is 3.88. The third-order valence-corrected chi connectivity index (χ3v) is 3.36. The lowest BCUT2D eigenvalue weighted by molar-refractivity contribution is 0.414. The predicted octanol–water partition coefficient (Wildman–Crippen LogP) is 4.31. The number of fused-ring (bicyclic) bond motifs is 2. The Bertz CT molecular complexity index is 613. The minimum atomic E-state index is 0.773. The van der Waals surface area contributed by atoms with Crippen LogP contribution in [-0.2, 0) is 0 Å². The lowest BCUT2D eigenvalue weighted by atomic mass is 10.1. The van der Waals surface area contributed by atoms with Crippen molar-refractivity contribution in [2.24, 2.45) is 0 Å². The fourth-order valence-corrected chi connectivity index (χ4v) is 2.55. The molecule has 1 aromatic carbocycles. The molecule has 80 valence electrons. The van der Waals surface area contributed by atoms with E-state index in [1.807, 2.05) is 24.3 Å². The van der Waals surface area contributed by atoms with E-state index < -0.39 is 0 Å². The van der Waals surface area contributed by atoms with Gasteiger partial charge in [-0.15, -0.1) is 0 Å². The fourth-order valence-electron chi connectivity index (χ4n) is 1.90. The standard InChI is InChI=1S/C13H9BrO2/c1-15-13-10-7-9(12(16-10)11(13)14)8-5-3-2-4-6-8/h2-7H,1H3. The van der Waals surface area contributed by atoms with Gasteiger partial charge in [0.15, 0.2) is 16.9 Å². The van der Waals surface area contributed by atoms with Gasteiger partial charge in [0.2, 0.25) is 0 Å². The fraction of sp³-hybridized carbons (Fsp3) is 0.0769. The normalized spacial score (nSPS) is 11.1. The molecule has 0 aliphatic carbocycles. The predicted molar refractivity (Wildman–Crippen MR) is 67.1 cm³/mol. The number of methoxy groups -OCH3 is 1. The molecule has 0 spiro atoms. The smallest absolute Gasteiger partial charge is 0.179 e. The minimum absolute atomic E-state index is 0.773. The van der Waals surface area contributed by atoms with Crippen molar-refractivity contribution in [1.29, 1.82) is 0 Å². The number of halogens is 1. The van der Waals surface area contributed by atoms with Crippen molar-refractivity contribution in [1.82, 2.24) is 0 Å². The van der Waals surface area contributed by atoms with Gasteiger partial charge in [-0.1, -0.05) is 30.3 Å². The third kappa shape index (κ3) is 1.25. The van der Waals surface area contributed by atoms with Gasteiger partial charge in [-0.2, -0.15) is 0 Å². The molecule has 2 nitrogen and oxygen atoms in total. The van der Waals surface area contributed by atoms with Gasteiger partial charge in [-0.05, 0) is 27.6 Å². The first kappa shape index (κ1) is 9.73. The molecule has 0 fully saturated rings. The summed E-state index contributed by atoms with van der Waals surface area (Å²) < 4.78 is 11.8. The summed E-state index contributed by atoms with van der Waals surface area (Å²) in [6.07, 6.45) is 0. The third-order valence-electron chi connectivity index (χ3n) is 2.64. The highest BCUT2D eigenvalue weighted by atomic mass is 79.9. The van der Waals surface area contributed by atoms with E-state index in [0.29, 0.717) is 0 Å². The molecule has 0 saturated carbocycles. The maximum absolute atomic E-state index is 5.65. The zero-order chi connectivity index (χ0) is 11.1. The van der Waals surface area contributed by atoms with Crippen LogP contribution in [0.2, 0.25) is 0 Å². The summed E-state index contributed by atoms with van der Waals surface area (Å²) in [6.45, 7) is 0. The number of hydrogen-bond donors (Lipinski definition) is 0. The van der Waals surface area contributed by atoms with Crippen LogP contribution in [0.15, 0.2) is 45.3 Å². The van der Waals surface area contributed by atoms with Crippen molar-refractivity contribution in [3.63, 3.8) is 0 Å².